The third-order valence-electron chi connectivity index (χ3n) is 5.54. The van der Waals surface area contributed by atoms with Crippen molar-refractivity contribution in [3.05, 3.63) is 40.6 Å². The molecule has 2 aromatic rings. The second kappa shape index (κ2) is 6.72. The zero-order valence-electron chi connectivity index (χ0n) is 15.2. The molecule has 1 fully saturated rings. The number of carbonyl (C=O) groups excluding carboxylic acids is 1. The fourth-order valence-electron chi connectivity index (χ4n) is 4.29. The summed E-state index contributed by atoms with van der Waals surface area (Å²) in [4.78, 5) is 31.7. The van der Waals surface area contributed by atoms with E-state index in [0.717, 1.165) is 18.7 Å². The predicted octanol–water partition coefficient (Wildman–Crippen LogP) is 1.23. The summed E-state index contributed by atoms with van der Waals surface area (Å²) >= 11 is 0. The lowest BCUT2D eigenvalue weighted by atomic mass is 9.83. The molecule has 0 radical (unpaired) electrons. The summed E-state index contributed by atoms with van der Waals surface area (Å²) in [6, 6.07) is 3.91. The van der Waals surface area contributed by atoms with Crippen molar-refractivity contribution in [1.82, 2.24) is 19.0 Å². The lowest BCUT2D eigenvalue weighted by Crippen LogP contribution is -2.49. The van der Waals surface area contributed by atoms with Gasteiger partial charge in [0, 0.05) is 57.8 Å². The van der Waals surface area contributed by atoms with Gasteiger partial charge in [-0.15, -0.1) is 0 Å². The summed E-state index contributed by atoms with van der Waals surface area (Å²) in [6.07, 6.45) is 5.00. The minimum Gasteiger partial charge on any atom is -0.384 e. The van der Waals surface area contributed by atoms with Crippen LogP contribution in [0.2, 0.25) is 0 Å². The molecule has 2 bridgehead atoms. The van der Waals surface area contributed by atoms with Crippen molar-refractivity contribution in [1.29, 1.82) is 0 Å². The van der Waals surface area contributed by atoms with Crippen LogP contribution < -0.4 is 5.56 Å². The third kappa shape index (κ3) is 2.86. The van der Waals surface area contributed by atoms with Crippen LogP contribution in [0.5, 0.6) is 0 Å². The summed E-state index contributed by atoms with van der Waals surface area (Å²) in [6.45, 7) is 2.52. The van der Waals surface area contributed by atoms with Crippen LogP contribution in [0.4, 0.5) is 0 Å². The molecule has 2 aliphatic heterocycles. The number of rotatable bonds is 4. The van der Waals surface area contributed by atoms with Crippen LogP contribution in [0.3, 0.4) is 0 Å². The topological polar surface area (TPSA) is 69.4 Å². The van der Waals surface area contributed by atoms with Gasteiger partial charge in [0.25, 0.3) is 5.56 Å². The number of ether oxygens (including phenoxy) is 1. The Labute approximate surface area is 152 Å². The zero-order chi connectivity index (χ0) is 18.3. The molecule has 1 saturated heterocycles. The normalized spacial score (nSPS) is 21.5. The van der Waals surface area contributed by atoms with E-state index in [4.69, 9.17) is 4.74 Å². The van der Waals surface area contributed by atoms with Crippen LogP contribution in [0.1, 0.15) is 24.5 Å². The van der Waals surface area contributed by atoms with E-state index < -0.39 is 0 Å². The molecule has 0 spiro atoms. The van der Waals surface area contributed by atoms with Crippen molar-refractivity contribution in [2.24, 2.45) is 13.0 Å². The van der Waals surface area contributed by atoms with E-state index in [1.54, 1.807) is 13.3 Å². The first kappa shape index (κ1) is 17.0. The lowest BCUT2D eigenvalue weighted by molar-refractivity contribution is -0.134. The Hall–Kier alpha value is -2.41. The highest BCUT2D eigenvalue weighted by atomic mass is 16.5. The van der Waals surface area contributed by atoms with Gasteiger partial charge in [-0.2, -0.15) is 0 Å². The van der Waals surface area contributed by atoms with E-state index in [0.29, 0.717) is 43.4 Å². The molecule has 4 heterocycles. The molecule has 0 aromatic carbocycles. The summed E-state index contributed by atoms with van der Waals surface area (Å²) in [5.74, 6) is 1.37. The zero-order valence-corrected chi connectivity index (χ0v) is 15.2. The summed E-state index contributed by atoms with van der Waals surface area (Å²) < 4.78 is 8.79. The van der Waals surface area contributed by atoms with Gasteiger partial charge in [-0.1, -0.05) is 0 Å². The average Bonchev–Trinajstić information content (AvgIpc) is 3.06. The maximum absolute atomic E-state index is 13.1. The van der Waals surface area contributed by atoms with Crippen LogP contribution in [0.15, 0.2) is 29.3 Å². The van der Waals surface area contributed by atoms with Gasteiger partial charge in [0.2, 0.25) is 5.91 Å². The molecular formula is C19H24N4O3. The van der Waals surface area contributed by atoms with Gasteiger partial charge < -0.3 is 18.8 Å². The number of fused-ring (bicyclic) bond motifs is 4. The van der Waals surface area contributed by atoms with Gasteiger partial charge >= 0.3 is 0 Å². The molecule has 0 saturated carbocycles. The molecule has 138 valence electrons. The molecule has 4 rings (SSSR count). The first-order valence-electron chi connectivity index (χ1n) is 9.06. The largest absolute Gasteiger partial charge is 0.384 e. The summed E-state index contributed by atoms with van der Waals surface area (Å²) in [7, 11) is 3.50. The molecule has 7 nitrogen and oxygen atoms in total. The van der Waals surface area contributed by atoms with Gasteiger partial charge in [-0.05, 0) is 24.5 Å². The lowest BCUT2D eigenvalue weighted by Gasteiger charge is -2.43. The molecular weight excluding hydrogens is 332 g/mol. The van der Waals surface area contributed by atoms with Crippen molar-refractivity contribution >= 4 is 5.91 Å². The number of aryl methyl sites for hydroxylation is 1. The van der Waals surface area contributed by atoms with E-state index in [9.17, 15) is 9.59 Å². The van der Waals surface area contributed by atoms with Gasteiger partial charge in [0.05, 0.1) is 18.6 Å². The van der Waals surface area contributed by atoms with Crippen molar-refractivity contribution in [3.8, 4) is 11.4 Å². The molecule has 7 heteroatoms. The van der Waals surface area contributed by atoms with Gasteiger partial charge in [-0.3, -0.25) is 9.59 Å². The highest BCUT2D eigenvalue weighted by molar-refractivity contribution is 5.76. The number of amides is 1. The maximum atomic E-state index is 13.1. The molecule has 2 aromatic heterocycles. The van der Waals surface area contributed by atoms with Crippen LogP contribution in [-0.2, 0) is 23.1 Å². The number of pyridine rings is 1. The van der Waals surface area contributed by atoms with Gasteiger partial charge in [0.15, 0.2) is 0 Å². The number of hydrogen-bond acceptors (Lipinski definition) is 4. The van der Waals surface area contributed by atoms with Crippen LogP contribution in [0, 0.1) is 5.92 Å². The van der Waals surface area contributed by atoms with E-state index in [-0.39, 0.29) is 17.4 Å². The number of aromatic nitrogens is 3. The monoisotopic (exact) mass is 356 g/mol. The third-order valence-corrected chi connectivity index (χ3v) is 5.54. The number of nitrogens with zero attached hydrogens (tertiary/aromatic N) is 4. The standard InChI is InChI=1S/C19H24N4O3/c1-21-7-6-20-18(21)15-3-4-16-14-9-13(11-23(16)19(15)25)10-22(12-14)17(24)5-8-26-2/h3-4,6-7,13-14H,5,8-12H2,1-2H3/t13-,14+/m0/s1. The fraction of sp³-hybridized carbons (Fsp3) is 0.526. The number of methoxy groups -OCH3 is 1. The minimum atomic E-state index is 0.0191. The number of carbonyl (C=O) groups is 1. The number of hydrogen-bond donors (Lipinski definition) is 0. The van der Waals surface area contributed by atoms with Crippen LogP contribution in [-0.4, -0.2) is 51.7 Å². The first-order chi connectivity index (χ1) is 12.6. The van der Waals surface area contributed by atoms with Gasteiger partial charge in [0.1, 0.15) is 5.82 Å². The molecule has 0 unspecified atom stereocenters. The number of piperidine rings is 1. The number of likely N-dealkylation sites (tertiary alicyclic amines) is 1. The molecule has 0 aliphatic carbocycles. The maximum Gasteiger partial charge on any atom is 0.261 e. The minimum absolute atomic E-state index is 0.0191. The molecule has 2 atom stereocenters. The second-order valence-corrected chi connectivity index (χ2v) is 7.29. The molecule has 2 aliphatic rings. The van der Waals surface area contributed by atoms with E-state index >= 15 is 0 Å². The molecule has 0 N–H and O–H groups in total. The first-order valence-corrected chi connectivity index (χ1v) is 9.06. The van der Waals surface area contributed by atoms with Crippen LogP contribution in [0.25, 0.3) is 11.4 Å². The van der Waals surface area contributed by atoms with E-state index in [2.05, 4.69) is 4.98 Å². The highest BCUT2D eigenvalue weighted by Crippen LogP contribution is 2.35. The Morgan fingerprint density at radius 1 is 1.31 bits per heavy atom. The summed E-state index contributed by atoms with van der Waals surface area (Å²) in [5.41, 5.74) is 1.69. The van der Waals surface area contributed by atoms with E-state index in [1.165, 1.54) is 0 Å². The molecule has 26 heavy (non-hydrogen) atoms. The van der Waals surface area contributed by atoms with Crippen molar-refractivity contribution in [2.75, 3.05) is 26.8 Å². The fourth-order valence-corrected chi connectivity index (χ4v) is 4.29. The Morgan fingerprint density at radius 3 is 2.88 bits per heavy atom. The summed E-state index contributed by atoms with van der Waals surface area (Å²) in [5, 5.41) is 0. The Bertz CT molecular complexity index is 885. The van der Waals surface area contributed by atoms with Crippen molar-refractivity contribution in [3.63, 3.8) is 0 Å². The van der Waals surface area contributed by atoms with Gasteiger partial charge in [-0.25, -0.2) is 4.98 Å². The van der Waals surface area contributed by atoms with Crippen molar-refractivity contribution < 1.29 is 9.53 Å². The highest BCUT2D eigenvalue weighted by Gasteiger charge is 2.36. The number of imidazole rings is 1. The Morgan fingerprint density at radius 2 is 2.15 bits per heavy atom. The van der Waals surface area contributed by atoms with E-state index in [1.807, 2.05) is 39.4 Å². The Kier molecular flexibility index (Phi) is 4.40. The van der Waals surface area contributed by atoms with Crippen LogP contribution >= 0.6 is 0 Å². The smallest absolute Gasteiger partial charge is 0.261 e. The Balaban J connectivity index is 1.64. The SMILES string of the molecule is COCCC(=O)N1C[C@@H]2C[C@H](C1)c1ccc(-c3nccn3C)c(=O)n1C2. The second-order valence-electron chi connectivity index (χ2n) is 7.29. The predicted molar refractivity (Wildman–Crippen MR) is 96.8 cm³/mol. The average molecular weight is 356 g/mol. The quantitative estimate of drug-likeness (QED) is 0.826. The molecule has 1 amide bonds. The van der Waals surface area contributed by atoms with Crippen molar-refractivity contribution in [2.45, 2.75) is 25.3 Å².